The maximum Gasteiger partial charge on any atom is 0.518 e. The summed E-state index contributed by atoms with van der Waals surface area (Å²) in [5.41, 5.74) is 0. The van der Waals surface area contributed by atoms with Crippen LogP contribution in [0.15, 0.2) is 50.2 Å². The smallest absolute Gasteiger partial charge is 0.434 e. The maximum atomic E-state index is 11.3. The molecule has 1 aromatic heterocycles. The average Bonchev–Trinajstić information content (AvgIpc) is 2.85. The zero-order valence-corrected chi connectivity index (χ0v) is 10.7. The van der Waals surface area contributed by atoms with E-state index in [1.54, 1.807) is 24.3 Å². The highest BCUT2D eigenvalue weighted by atomic mass is 16.7. The average molecular weight is 278 g/mol. The molecule has 0 fully saturated rings. The summed E-state index contributed by atoms with van der Waals surface area (Å²) in [5, 5.41) is 0. The summed E-state index contributed by atoms with van der Waals surface area (Å²) in [6.45, 7) is 0.244. The summed E-state index contributed by atoms with van der Waals surface area (Å²) in [5.74, 6) is 0.224. The van der Waals surface area contributed by atoms with Crippen molar-refractivity contribution in [3.63, 3.8) is 0 Å². The molecule has 0 radical (unpaired) electrons. The van der Waals surface area contributed by atoms with Gasteiger partial charge in [-0.2, -0.15) is 0 Å². The van der Waals surface area contributed by atoms with Crippen LogP contribution in [0.2, 0.25) is 0 Å². The lowest BCUT2D eigenvalue weighted by molar-refractivity contribution is 0.0974. The molecule has 0 bridgehead atoms. The predicted octanol–water partition coefficient (Wildman–Crippen LogP) is 2.77. The second kappa shape index (κ2) is 7.18. The lowest BCUT2D eigenvalue weighted by Crippen LogP contribution is -2.11. The fourth-order valence-corrected chi connectivity index (χ4v) is 1.55. The molecular weight excluding hydrogens is 264 g/mol. The van der Waals surface area contributed by atoms with E-state index in [1.807, 2.05) is 6.07 Å². The van der Waals surface area contributed by atoms with Gasteiger partial charge in [0.1, 0.15) is 17.8 Å². The summed E-state index contributed by atoms with van der Waals surface area (Å²) in [6.07, 6.45) is 2.46. The number of ether oxygens (including phenoxy) is 2. The Morgan fingerprint density at radius 2 is 1.95 bits per heavy atom. The van der Waals surface area contributed by atoms with Gasteiger partial charge in [-0.3, -0.25) is 0 Å². The first-order valence-electron chi connectivity index (χ1n) is 6.21. The van der Waals surface area contributed by atoms with Gasteiger partial charge in [0.05, 0.1) is 6.61 Å². The number of benzene rings is 1. The van der Waals surface area contributed by atoms with E-state index in [0.29, 0.717) is 30.8 Å². The normalized spacial score (nSPS) is 10.2. The standard InChI is InChI=1S/C14H14O6/c15-13(19-11-6-2-1-3-7-11)17-9-5-4-8-12-10-18-14(16)20-12/h1-3,6-7,10H,4-5,8-9H2. The highest BCUT2D eigenvalue weighted by Gasteiger charge is 2.06. The van der Waals surface area contributed by atoms with Crippen molar-refractivity contribution in [1.29, 1.82) is 0 Å². The van der Waals surface area contributed by atoms with Crippen LogP contribution in [0.5, 0.6) is 5.75 Å². The van der Waals surface area contributed by atoms with E-state index >= 15 is 0 Å². The molecule has 0 aliphatic heterocycles. The van der Waals surface area contributed by atoms with Crippen molar-refractivity contribution in [2.45, 2.75) is 19.3 Å². The van der Waals surface area contributed by atoms with E-state index in [0.717, 1.165) is 0 Å². The molecule has 0 saturated heterocycles. The van der Waals surface area contributed by atoms with Crippen molar-refractivity contribution < 1.29 is 23.1 Å². The number of aryl methyl sites for hydroxylation is 1. The molecule has 0 unspecified atom stereocenters. The lowest BCUT2D eigenvalue weighted by atomic mass is 10.2. The SMILES string of the molecule is O=C(OCCCCc1coc(=O)o1)Oc1ccccc1. The Bertz CT molecular complexity index is 583. The van der Waals surface area contributed by atoms with Crippen LogP contribution in [0.3, 0.4) is 0 Å². The molecule has 0 aliphatic rings. The Kier molecular flexibility index (Phi) is 5.00. The van der Waals surface area contributed by atoms with Crippen LogP contribution < -0.4 is 10.6 Å². The first kappa shape index (κ1) is 13.9. The van der Waals surface area contributed by atoms with E-state index in [2.05, 4.69) is 4.42 Å². The molecule has 0 aliphatic carbocycles. The predicted molar refractivity (Wildman–Crippen MR) is 68.6 cm³/mol. The Balaban J connectivity index is 1.59. The lowest BCUT2D eigenvalue weighted by Gasteiger charge is -2.05. The van der Waals surface area contributed by atoms with Crippen LogP contribution in [0.25, 0.3) is 0 Å². The quantitative estimate of drug-likeness (QED) is 0.459. The summed E-state index contributed by atoms with van der Waals surface area (Å²) in [6, 6.07) is 8.69. The van der Waals surface area contributed by atoms with E-state index in [-0.39, 0.29) is 6.61 Å². The molecule has 0 saturated carbocycles. The number of carbonyl (C=O) groups excluding carboxylic acids is 1. The molecule has 0 spiro atoms. The summed E-state index contributed by atoms with van der Waals surface area (Å²) < 4.78 is 19.1. The molecule has 2 rings (SSSR count). The zero-order valence-electron chi connectivity index (χ0n) is 10.7. The molecule has 1 aromatic carbocycles. The zero-order chi connectivity index (χ0) is 14.2. The third-order valence-electron chi connectivity index (χ3n) is 2.48. The third kappa shape index (κ3) is 4.64. The van der Waals surface area contributed by atoms with E-state index < -0.39 is 12.0 Å². The van der Waals surface area contributed by atoms with E-state index in [9.17, 15) is 9.59 Å². The summed E-state index contributed by atoms with van der Waals surface area (Å²) in [7, 11) is 0. The van der Waals surface area contributed by atoms with Gasteiger partial charge >= 0.3 is 12.0 Å². The van der Waals surface area contributed by atoms with Gasteiger partial charge in [0, 0.05) is 6.42 Å². The Labute approximate surface area is 114 Å². The number of rotatable bonds is 6. The number of hydrogen-bond donors (Lipinski definition) is 0. The summed E-state index contributed by atoms with van der Waals surface area (Å²) in [4.78, 5) is 22.0. The number of unbranched alkanes of at least 4 members (excludes halogenated alkanes) is 1. The number of hydrogen-bond acceptors (Lipinski definition) is 6. The third-order valence-corrected chi connectivity index (χ3v) is 2.48. The van der Waals surface area contributed by atoms with Crippen molar-refractivity contribution in [1.82, 2.24) is 0 Å². The second-order valence-electron chi connectivity index (χ2n) is 4.02. The van der Waals surface area contributed by atoms with Gasteiger partial charge in [0.2, 0.25) is 0 Å². The van der Waals surface area contributed by atoms with Crippen LogP contribution >= 0.6 is 0 Å². The second-order valence-corrected chi connectivity index (χ2v) is 4.02. The van der Waals surface area contributed by atoms with Gasteiger partial charge in [-0.15, -0.1) is 0 Å². The summed E-state index contributed by atoms with van der Waals surface area (Å²) >= 11 is 0. The molecule has 0 atom stereocenters. The topological polar surface area (TPSA) is 78.9 Å². The number of para-hydroxylation sites is 1. The minimum absolute atomic E-state index is 0.244. The largest absolute Gasteiger partial charge is 0.518 e. The van der Waals surface area contributed by atoms with Crippen molar-refractivity contribution in [2.75, 3.05) is 6.61 Å². The van der Waals surface area contributed by atoms with Crippen LogP contribution in [-0.2, 0) is 11.2 Å². The van der Waals surface area contributed by atoms with Gasteiger partial charge in [-0.25, -0.2) is 9.59 Å². The van der Waals surface area contributed by atoms with E-state index in [1.165, 1.54) is 6.26 Å². The van der Waals surface area contributed by atoms with Crippen LogP contribution in [0, 0.1) is 0 Å². The van der Waals surface area contributed by atoms with Crippen LogP contribution in [0.4, 0.5) is 4.79 Å². The van der Waals surface area contributed by atoms with Gasteiger partial charge in [0.15, 0.2) is 0 Å². The van der Waals surface area contributed by atoms with Gasteiger partial charge in [-0.1, -0.05) is 18.2 Å². The first-order chi connectivity index (χ1) is 9.74. The van der Waals surface area contributed by atoms with Crippen LogP contribution in [0.1, 0.15) is 18.6 Å². The van der Waals surface area contributed by atoms with Crippen molar-refractivity contribution in [3.8, 4) is 5.75 Å². The van der Waals surface area contributed by atoms with Gasteiger partial charge in [0.25, 0.3) is 0 Å². The molecule has 1 heterocycles. The van der Waals surface area contributed by atoms with Gasteiger partial charge < -0.3 is 18.3 Å². The van der Waals surface area contributed by atoms with Crippen molar-refractivity contribution in [2.24, 2.45) is 0 Å². The minimum Gasteiger partial charge on any atom is -0.434 e. The minimum atomic E-state index is -0.731. The Morgan fingerprint density at radius 3 is 2.65 bits per heavy atom. The molecule has 0 amide bonds. The molecule has 106 valence electrons. The van der Waals surface area contributed by atoms with E-state index in [4.69, 9.17) is 13.9 Å². The maximum absolute atomic E-state index is 11.3. The molecule has 6 heteroatoms. The number of carbonyl (C=O) groups is 1. The van der Waals surface area contributed by atoms with Gasteiger partial charge in [-0.05, 0) is 25.0 Å². The van der Waals surface area contributed by atoms with Crippen molar-refractivity contribution >= 4 is 6.16 Å². The molecule has 6 nitrogen and oxygen atoms in total. The highest BCUT2D eigenvalue weighted by Crippen LogP contribution is 2.09. The highest BCUT2D eigenvalue weighted by molar-refractivity contribution is 5.63. The fourth-order valence-electron chi connectivity index (χ4n) is 1.55. The molecular formula is C14H14O6. The Morgan fingerprint density at radius 1 is 1.15 bits per heavy atom. The Hall–Kier alpha value is -2.50. The molecule has 20 heavy (non-hydrogen) atoms. The molecule has 0 N–H and O–H groups in total. The molecule has 2 aromatic rings. The fraction of sp³-hybridized carbons (Fsp3) is 0.286. The first-order valence-corrected chi connectivity index (χ1v) is 6.21. The monoisotopic (exact) mass is 278 g/mol. The van der Waals surface area contributed by atoms with Crippen LogP contribution in [-0.4, -0.2) is 12.8 Å². The van der Waals surface area contributed by atoms with Crippen molar-refractivity contribution in [3.05, 3.63) is 53.0 Å².